The number of anilines is 1. The molecular formula is C18H22Cl2N4O2S. The highest BCUT2D eigenvalue weighted by molar-refractivity contribution is 7.98. The first-order chi connectivity index (χ1) is 13.2. The van der Waals surface area contributed by atoms with Gasteiger partial charge in [-0.3, -0.25) is 4.57 Å². The van der Waals surface area contributed by atoms with Crippen molar-refractivity contribution in [1.82, 2.24) is 14.8 Å². The molecule has 146 valence electrons. The fraction of sp³-hybridized carbons (Fsp3) is 0.556. The standard InChI is InChI=1S/C18H22Cl2N4O2S/c19-15-4-3-13(10-16(15)20)12-27-18-22-21-17(23-5-8-25-9-6-23)24(18)11-14-2-1-7-26-14/h3-4,10,14H,1-2,5-9,11-12H2/t14-/m1/s1. The molecule has 0 saturated carbocycles. The van der Waals surface area contributed by atoms with Crippen molar-refractivity contribution in [2.24, 2.45) is 0 Å². The van der Waals surface area contributed by atoms with E-state index in [1.54, 1.807) is 11.8 Å². The first-order valence-electron chi connectivity index (χ1n) is 9.15. The van der Waals surface area contributed by atoms with E-state index in [-0.39, 0.29) is 6.10 Å². The van der Waals surface area contributed by atoms with E-state index in [1.807, 2.05) is 18.2 Å². The van der Waals surface area contributed by atoms with E-state index in [9.17, 15) is 0 Å². The molecule has 27 heavy (non-hydrogen) atoms. The van der Waals surface area contributed by atoms with Crippen LogP contribution in [-0.2, 0) is 21.8 Å². The van der Waals surface area contributed by atoms with E-state index in [0.717, 1.165) is 74.7 Å². The molecule has 0 aliphatic carbocycles. The monoisotopic (exact) mass is 428 g/mol. The lowest BCUT2D eigenvalue weighted by Gasteiger charge is -2.28. The maximum atomic E-state index is 6.14. The fourth-order valence-electron chi connectivity index (χ4n) is 3.31. The molecule has 3 heterocycles. The Morgan fingerprint density at radius 3 is 2.70 bits per heavy atom. The van der Waals surface area contributed by atoms with Gasteiger partial charge in [0, 0.05) is 25.4 Å². The molecule has 0 bridgehead atoms. The van der Waals surface area contributed by atoms with Crippen LogP contribution in [0.3, 0.4) is 0 Å². The zero-order chi connectivity index (χ0) is 18.6. The van der Waals surface area contributed by atoms with Gasteiger partial charge < -0.3 is 14.4 Å². The van der Waals surface area contributed by atoms with Crippen LogP contribution in [0, 0.1) is 0 Å². The van der Waals surface area contributed by atoms with Crippen LogP contribution in [-0.4, -0.2) is 53.8 Å². The van der Waals surface area contributed by atoms with Gasteiger partial charge in [0.1, 0.15) is 0 Å². The quantitative estimate of drug-likeness (QED) is 0.650. The summed E-state index contributed by atoms with van der Waals surface area (Å²) in [6, 6.07) is 5.72. The number of hydrogen-bond donors (Lipinski definition) is 0. The Morgan fingerprint density at radius 1 is 1.11 bits per heavy atom. The topological polar surface area (TPSA) is 52.4 Å². The molecular weight excluding hydrogens is 407 g/mol. The summed E-state index contributed by atoms with van der Waals surface area (Å²) in [5, 5.41) is 11.0. The summed E-state index contributed by atoms with van der Waals surface area (Å²) in [5.41, 5.74) is 1.11. The van der Waals surface area contributed by atoms with Crippen molar-refractivity contribution in [2.45, 2.75) is 36.4 Å². The summed E-state index contributed by atoms with van der Waals surface area (Å²) >= 11 is 13.8. The second-order valence-corrected chi connectivity index (χ2v) is 8.42. The van der Waals surface area contributed by atoms with Crippen molar-refractivity contribution in [3.8, 4) is 0 Å². The summed E-state index contributed by atoms with van der Waals surface area (Å²) in [5.74, 6) is 1.66. The molecule has 0 unspecified atom stereocenters. The van der Waals surface area contributed by atoms with Gasteiger partial charge in [0.25, 0.3) is 0 Å². The lowest BCUT2D eigenvalue weighted by Crippen LogP contribution is -2.38. The van der Waals surface area contributed by atoms with Crippen LogP contribution in [0.25, 0.3) is 0 Å². The van der Waals surface area contributed by atoms with Crippen molar-refractivity contribution in [2.75, 3.05) is 37.8 Å². The molecule has 1 aromatic heterocycles. The van der Waals surface area contributed by atoms with E-state index in [4.69, 9.17) is 32.7 Å². The number of morpholine rings is 1. The maximum absolute atomic E-state index is 6.14. The third-order valence-electron chi connectivity index (χ3n) is 4.75. The molecule has 2 saturated heterocycles. The number of hydrogen-bond acceptors (Lipinski definition) is 6. The van der Waals surface area contributed by atoms with Crippen LogP contribution in [0.4, 0.5) is 5.95 Å². The minimum absolute atomic E-state index is 0.227. The van der Waals surface area contributed by atoms with Crippen LogP contribution in [0.5, 0.6) is 0 Å². The highest BCUT2D eigenvalue weighted by Crippen LogP contribution is 2.30. The zero-order valence-electron chi connectivity index (χ0n) is 14.9. The summed E-state index contributed by atoms with van der Waals surface area (Å²) in [6.07, 6.45) is 2.42. The molecule has 0 amide bonds. The van der Waals surface area contributed by atoms with Gasteiger partial charge in [0.05, 0.1) is 35.9 Å². The van der Waals surface area contributed by atoms with Crippen LogP contribution in [0.2, 0.25) is 10.0 Å². The third-order valence-corrected chi connectivity index (χ3v) is 6.53. The average Bonchev–Trinajstić information content (AvgIpc) is 3.34. The molecule has 6 nitrogen and oxygen atoms in total. The van der Waals surface area contributed by atoms with Gasteiger partial charge in [-0.05, 0) is 30.5 Å². The molecule has 4 rings (SSSR count). The predicted octanol–water partition coefficient (Wildman–Crippen LogP) is 3.89. The largest absolute Gasteiger partial charge is 0.378 e. The van der Waals surface area contributed by atoms with Gasteiger partial charge in [-0.1, -0.05) is 41.0 Å². The molecule has 1 aromatic carbocycles. The van der Waals surface area contributed by atoms with E-state index >= 15 is 0 Å². The normalized spacial score (nSPS) is 20.4. The van der Waals surface area contributed by atoms with Crippen molar-refractivity contribution in [3.63, 3.8) is 0 Å². The molecule has 0 spiro atoms. The van der Waals surface area contributed by atoms with E-state index < -0.39 is 0 Å². The highest BCUT2D eigenvalue weighted by Gasteiger charge is 2.24. The van der Waals surface area contributed by atoms with Gasteiger partial charge in [0.2, 0.25) is 5.95 Å². The van der Waals surface area contributed by atoms with E-state index in [0.29, 0.717) is 10.0 Å². The third kappa shape index (κ3) is 4.71. The summed E-state index contributed by atoms with van der Waals surface area (Å²) in [6.45, 7) is 4.73. The van der Waals surface area contributed by atoms with Gasteiger partial charge in [-0.25, -0.2) is 0 Å². The molecule has 1 atom stereocenters. The summed E-state index contributed by atoms with van der Waals surface area (Å²) < 4.78 is 13.5. The Morgan fingerprint density at radius 2 is 1.96 bits per heavy atom. The fourth-order valence-corrected chi connectivity index (χ4v) is 4.52. The molecule has 2 aromatic rings. The lowest BCUT2D eigenvalue weighted by molar-refractivity contribution is 0.0942. The number of halogens is 2. The minimum atomic E-state index is 0.227. The number of ether oxygens (including phenoxy) is 2. The molecule has 0 N–H and O–H groups in total. The first-order valence-corrected chi connectivity index (χ1v) is 10.9. The van der Waals surface area contributed by atoms with Gasteiger partial charge in [-0.15, -0.1) is 10.2 Å². The Bertz CT molecular complexity index is 777. The maximum Gasteiger partial charge on any atom is 0.228 e. The van der Waals surface area contributed by atoms with Crippen molar-refractivity contribution < 1.29 is 9.47 Å². The van der Waals surface area contributed by atoms with Crippen LogP contribution in [0.1, 0.15) is 18.4 Å². The Labute approximate surface area is 173 Å². The van der Waals surface area contributed by atoms with Gasteiger partial charge >= 0.3 is 0 Å². The van der Waals surface area contributed by atoms with Crippen molar-refractivity contribution >= 4 is 40.9 Å². The highest BCUT2D eigenvalue weighted by atomic mass is 35.5. The Balaban J connectivity index is 1.52. The van der Waals surface area contributed by atoms with Gasteiger partial charge in [-0.2, -0.15) is 0 Å². The molecule has 2 aliphatic heterocycles. The average molecular weight is 429 g/mol. The first kappa shape index (κ1) is 19.3. The smallest absolute Gasteiger partial charge is 0.228 e. The Hall–Kier alpha value is -0.990. The second kappa shape index (κ2) is 9.01. The lowest BCUT2D eigenvalue weighted by atomic mass is 10.2. The number of nitrogens with zero attached hydrogens (tertiary/aromatic N) is 4. The second-order valence-electron chi connectivity index (χ2n) is 6.66. The predicted molar refractivity (Wildman–Crippen MR) is 108 cm³/mol. The zero-order valence-corrected chi connectivity index (χ0v) is 17.3. The number of benzene rings is 1. The van der Waals surface area contributed by atoms with Crippen LogP contribution in [0.15, 0.2) is 23.4 Å². The van der Waals surface area contributed by atoms with Crippen molar-refractivity contribution in [3.05, 3.63) is 33.8 Å². The number of aromatic nitrogens is 3. The number of rotatable bonds is 6. The van der Waals surface area contributed by atoms with Crippen molar-refractivity contribution in [1.29, 1.82) is 0 Å². The van der Waals surface area contributed by atoms with E-state index in [1.165, 1.54) is 0 Å². The SMILES string of the molecule is Clc1ccc(CSc2nnc(N3CCOCC3)n2C[C@H]2CCCO2)cc1Cl. The molecule has 2 aliphatic rings. The van der Waals surface area contributed by atoms with E-state index in [2.05, 4.69) is 19.7 Å². The summed E-state index contributed by atoms with van der Waals surface area (Å²) in [7, 11) is 0. The summed E-state index contributed by atoms with van der Waals surface area (Å²) in [4.78, 5) is 2.24. The van der Waals surface area contributed by atoms with Gasteiger partial charge in [0.15, 0.2) is 5.16 Å². The molecule has 0 radical (unpaired) electrons. The van der Waals surface area contributed by atoms with Crippen LogP contribution < -0.4 is 4.90 Å². The van der Waals surface area contributed by atoms with Crippen LogP contribution >= 0.6 is 35.0 Å². The Kier molecular flexibility index (Phi) is 6.45. The molecule has 2 fully saturated rings. The minimum Gasteiger partial charge on any atom is -0.378 e. The number of thioether (sulfide) groups is 1. The molecule has 9 heteroatoms.